The van der Waals surface area contributed by atoms with E-state index >= 15 is 0 Å². The van der Waals surface area contributed by atoms with Crippen LogP contribution >= 0.6 is 12.2 Å². The number of amides is 1. The van der Waals surface area contributed by atoms with E-state index in [1.165, 1.54) is 0 Å². The predicted molar refractivity (Wildman–Crippen MR) is 114 cm³/mol. The second kappa shape index (κ2) is 11.9. The number of carbonyl (C=O) groups excluding carboxylic acids is 2. The summed E-state index contributed by atoms with van der Waals surface area (Å²) in [6.07, 6.45) is 1.55. The second-order valence-corrected chi connectivity index (χ2v) is 6.76. The standard InChI is InChI=1S/C22H26N2O3S/c1-2-19(18-11-7-4-8-12-18)23-22(28)24-20(25)13-14-21(26)27-16-15-17-9-5-3-6-10-17/h3-12,19H,2,13-16H2,1H3,(H2,23,24,25,28). The number of ether oxygens (including phenoxy) is 1. The van der Waals surface area contributed by atoms with Gasteiger partial charge in [-0.1, -0.05) is 67.6 Å². The van der Waals surface area contributed by atoms with Crippen LogP contribution in [0.3, 0.4) is 0 Å². The van der Waals surface area contributed by atoms with Crippen LogP contribution in [0.5, 0.6) is 0 Å². The molecule has 0 spiro atoms. The first kappa shape index (κ1) is 21.6. The Hall–Kier alpha value is -2.73. The van der Waals surface area contributed by atoms with Gasteiger partial charge in [-0.2, -0.15) is 0 Å². The van der Waals surface area contributed by atoms with Gasteiger partial charge in [0.15, 0.2) is 5.11 Å². The van der Waals surface area contributed by atoms with Crippen LogP contribution in [-0.4, -0.2) is 23.6 Å². The molecule has 0 heterocycles. The molecule has 5 nitrogen and oxygen atoms in total. The van der Waals surface area contributed by atoms with Crippen molar-refractivity contribution in [1.82, 2.24) is 10.6 Å². The van der Waals surface area contributed by atoms with E-state index in [-0.39, 0.29) is 35.9 Å². The molecule has 0 bridgehead atoms. The van der Waals surface area contributed by atoms with E-state index in [1.54, 1.807) is 0 Å². The molecule has 0 aliphatic rings. The lowest BCUT2D eigenvalue weighted by Crippen LogP contribution is -2.41. The fourth-order valence-electron chi connectivity index (χ4n) is 2.71. The molecule has 6 heteroatoms. The van der Waals surface area contributed by atoms with Crippen LogP contribution in [0.25, 0.3) is 0 Å². The molecule has 0 radical (unpaired) electrons. The van der Waals surface area contributed by atoms with E-state index in [0.29, 0.717) is 13.0 Å². The van der Waals surface area contributed by atoms with Crippen molar-refractivity contribution in [2.24, 2.45) is 0 Å². The molecule has 1 unspecified atom stereocenters. The number of carbonyl (C=O) groups is 2. The monoisotopic (exact) mass is 398 g/mol. The van der Waals surface area contributed by atoms with Gasteiger partial charge in [-0.25, -0.2) is 0 Å². The van der Waals surface area contributed by atoms with Crippen LogP contribution in [0.2, 0.25) is 0 Å². The highest BCUT2D eigenvalue weighted by atomic mass is 32.1. The van der Waals surface area contributed by atoms with Gasteiger partial charge in [0, 0.05) is 12.8 Å². The van der Waals surface area contributed by atoms with Crippen LogP contribution in [0.4, 0.5) is 0 Å². The van der Waals surface area contributed by atoms with Gasteiger partial charge >= 0.3 is 5.97 Å². The Kier molecular flexibility index (Phi) is 9.15. The van der Waals surface area contributed by atoms with Crippen molar-refractivity contribution in [3.05, 3.63) is 71.8 Å². The number of rotatable bonds is 9. The van der Waals surface area contributed by atoms with Gasteiger partial charge in [0.05, 0.1) is 19.1 Å². The molecule has 0 aliphatic heterocycles. The first-order valence-electron chi connectivity index (χ1n) is 9.43. The maximum Gasteiger partial charge on any atom is 0.306 e. The average molecular weight is 399 g/mol. The number of nitrogens with one attached hydrogen (secondary N) is 2. The average Bonchev–Trinajstić information content (AvgIpc) is 2.72. The van der Waals surface area contributed by atoms with Crippen LogP contribution in [0, 0.1) is 0 Å². The lowest BCUT2D eigenvalue weighted by Gasteiger charge is -2.19. The fraction of sp³-hybridized carbons (Fsp3) is 0.318. The van der Waals surface area contributed by atoms with Crippen molar-refractivity contribution >= 4 is 29.2 Å². The van der Waals surface area contributed by atoms with Crippen molar-refractivity contribution in [1.29, 1.82) is 0 Å². The van der Waals surface area contributed by atoms with Crippen molar-refractivity contribution in [3.8, 4) is 0 Å². The first-order valence-corrected chi connectivity index (χ1v) is 9.84. The largest absolute Gasteiger partial charge is 0.465 e. The summed E-state index contributed by atoms with van der Waals surface area (Å²) >= 11 is 5.22. The maximum atomic E-state index is 12.0. The fourth-order valence-corrected chi connectivity index (χ4v) is 2.96. The highest BCUT2D eigenvalue weighted by molar-refractivity contribution is 7.80. The summed E-state index contributed by atoms with van der Waals surface area (Å²) in [5.41, 5.74) is 2.21. The molecule has 1 amide bonds. The number of hydrogen-bond acceptors (Lipinski definition) is 4. The van der Waals surface area contributed by atoms with Crippen molar-refractivity contribution in [2.45, 2.75) is 38.6 Å². The normalized spacial score (nSPS) is 11.3. The predicted octanol–water partition coefficient (Wildman–Crippen LogP) is 3.69. The van der Waals surface area contributed by atoms with E-state index in [0.717, 1.165) is 17.5 Å². The SMILES string of the molecule is CCC(NC(=S)NC(=O)CCC(=O)OCCc1ccccc1)c1ccccc1. The van der Waals surface area contributed by atoms with Crippen molar-refractivity contribution < 1.29 is 14.3 Å². The third-order valence-corrected chi connectivity index (χ3v) is 4.44. The molecule has 0 aliphatic carbocycles. The van der Waals surface area contributed by atoms with Gasteiger partial charge in [0.25, 0.3) is 0 Å². The van der Waals surface area contributed by atoms with Gasteiger partial charge < -0.3 is 15.4 Å². The van der Waals surface area contributed by atoms with E-state index < -0.39 is 0 Å². The van der Waals surface area contributed by atoms with E-state index in [9.17, 15) is 9.59 Å². The summed E-state index contributed by atoms with van der Waals surface area (Å²) < 4.78 is 5.17. The smallest absolute Gasteiger partial charge is 0.306 e. The molecule has 0 saturated carbocycles. The Morgan fingerprint density at radius 1 is 1.00 bits per heavy atom. The molecule has 0 fully saturated rings. The third-order valence-electron chi connectivity index (χ3n) is 4.22. The van der Waals surface area contributed by atoms with Gasteiger partial charge in [0.2, 0.25) is 5.91 Å². The summed E-state index contributed by atoms with van der Waals surface area (Å²) in [7, 11) is 0. The van der Waals surface area contributed by atoms with E-state index in [1.807, 2.05) is 67.6 Å². The minimum Gasteiger partial charge on any atom is -0.465 e. The molecule has 148 valence electrons. The first-order chi connectivity index (χ1) is 13.6. The molecule has 0 saturated heterocycles. The van der Waals surface area contributed by atoms with E-state index in [2.05, 4.69) is 10.6 Å². The summed E-state index contributed by atoms with van der Waals surface area (Å²) in [6, 6.07) is 19.7. The van der Waals surface area contributed by atoms with Crippen LogP contribution in [0.15, 0.2) is 60.7 Å². The van der Waals surface area contributed by atoms with Crippen LogP contribution in [-0.2, 0) is 20.7 Å². The summed E-state index contributed by atoms with van der Waals surface area (Å²) in [5.74, 6) is -0.693. The lowest BCUT2D eigenvalue weighted by atomic mass is 10.1. The highest BCUT2D eigenvalue weighted by Gasteiger charge is 2.13. The van der Waals surface area contributed by atoms with E-state index in [4.69, 9.17) is 17.0 Å². The molecule has 1 atom stereocenters. The highest BCUT2D eigenvalue weighted by Crippen LogP contribution is 2.15. The Bertz CT molecular complexity index is 766. The number of thiocarbonyl (C=S) groups is 1. The zero-order valence-electron chi connectivity index (χ0n) is 16.0. The molecule has 2 rings (SSSR count). The van der Waals surface area contributed by atoms with Gasteiger partial charge in [-0.05, 0) is 29.8 Å². The molecular weight excluding hydrogens is 372 g/mol. The quantitative estimate of drug-likeness (QED) is 0.498. The van der Waals surface area contributed by atoms with Crippen LogP contribution in [0.1, 0.15) is 43.4 Å². The molecule has 2 N–H and O–H groups in total. The van der Waals surface area contributed by atoms with Crippen molar-refractivity contribution in [3.63, 3.8) is 0 Å². The Balaban J connectivity index is 1.65. The van der Waals surface area contributed by atoms with Gasteiger partial charge in [0.1, 0.15) is 0 Å². The van der Waals surface area contributed by atoms with Gasteiger partial charge in [-0.3, -0.25) is 9.59 Å². The summed E-state index contributed by atoms with van der Waals surface area (Å²) in [5, 5.41) is 6.02. The third kappa shape index (κ3) is 7.88. The summed E-state index contributed by atoms with van der Waals surface area (Å²) in [6.45, 7) is 2.35. The number of hydrogen-bond donors (Lipinski definition) is 2. The topological polar surface area (TPSA) is 67.4 Å². The minimum absolute atomic E-state index is 0.0250. The van der Waals surface area contributed by atoms with Gasteiger partial charge in [-0.15, -0.1) is 0 Å². The number of benzene rings is 2. The molecule has 28 heavy (non-hydrogen) atoms. The van der Waals surface area contributed by atoms with Crippen molar-refractivity contribution in [2.75, 3.05) is 6.61 Å². The van der Waals surface area contributed by atoms with Crippen LogP contribution < -0.4 is 10.6 Å². The Morgan fingerprint density at radius 3 is 2.29 bits per heavy atom. The zero-order chi connectivity index (χ0) is 20.2. The lowest BCUT2D eigenvalue weighted by molar-refractivity contribution is -0.144. The second-order valence-electron chi connectivity index (χ2n) is 6.35. The molecular formula is C22H26N2O3S. The number of esters is 1. The maximum absolute atomic E-state index is 12.0. The Labute approximate surface area is 171 Å². The molecule has 2 aromatic carbocycles. The molecule has 2 aromatic rings. The minimum atomic E-state index is -0.388. The molecule has 0 aromatic heterocycles. The summed E-state index contributed by atoms with van der Waals surface area (Å²) in [4.78, 5) is 23.8. The Morgan fingerprint density at radius 2 is 1.64 bits per heavy atom. The zero-order valence-corrected chi connectivity index (χ0v) is 16.8.